The van der Waals surface area contributed by atoms with Crippen molar-refractivity contribution in [1.82, 2.24) is 0 Å². The van der Waals surface area contributed by atoms with Crippen LogP contribution >= 0.6 is 43.2 Å². The maximum atomic E-state index is 10.8. The Bertz CT molecular complexity index is 643. The van der Waals surface area contributed by atoms with E-state index in [1.165, 1.54) is 11.3 Å². The van der Waals surface area contributed by atoms with Crippen LogP contribution in [0, 0.1) is 0 Å². The lowest BCUT2D eigenvalue weighted by Gasteiger charge is -2.11. The zero-order valence-corrected chi connectivity index (χ0v) is 14.4. The Morgan fingerprint density at radius 3 is 2.70 bits per heavy atom. The van der Waals surface area contributed by atoms with Gasteiger partial charge in [0.05, 0.1) is 22.8 Å². The van der Waals surface area contributed by atoms with E-state index in [1.54, 1.807) is 18.6 Å². The summed E-state index contributed by atoms with van der Waals surface area (Å²) >= 11 is 8.30. The summed E-state index contributed by atoms with van der Waals surface area (Å²) in [4.78, 5) is 11.8. The highest BCUT2D eigenvalue weighted by atomic mass is 79.9. The fourth-order valence-corrected chi connectivity index (χ4v) is 3.68. The van der Waals surface area contributed by atoms with Gasteiger partial charge in [0.15, 0.2) is 0 Å². The predicted molar refractivity (Wildman–Crippen MR) is 87.0 cm³/mol. The Morgan fingerprint density at radius 1 is 1.35 bits per heavy atom. The Hall–Kier alpha value is -1.05. The number of carboxylic acid groups (broad SMARTS) is 1. The van der Waals surface area contributed by atoms with Crippen molar-refractivity contribution in [3.63, 3.8) is 0 Å². The quantitative estimate of drug-likeness (QED) is 0.742. The first kappa shape index (κ1) is 15.3. The van der Waals surface area contributed by atoms with Crippen molar-refractivity contribution in [3.05, 3.63) is 43.0 Å². The van der Waals surface area contributed by atoms with Crippen LogP contribution in [-0.4, -0.2) is 18.2 Å². The zero-order valence-electron chi connectivity index (χ0n) is 10.4. The van der Waals surface area contributed by atoms with Crippen molar-refractivity contribution in [3.8, 4) is 5.75 Å². The number of halogens is 2. The number of thiophene rings is 1. The third kappa shape index (κ3) is 3.53. The van der Waals surface area contributed by atoms with Crippen LogP contribution in [0.3, 0.4) is 0 Å². The van der Waals surface area contributed by atoms with Gasteiger partial charge in [-0.25, -0.2) is 4.79 Å². The first-order valence-electron chi connectivity index (χ1n) is 5.59. The maximum Gasteiger partial charge on any atom is 0.336 e. The van der Waals surface area contributed by atoms with E-state index >= 15 is 0 Å². The molecule has 0 saturated carbocycles. The van der Waals surface area contributed by atoms with Crippen LogP contribution in [0.25, 0.3) is 0 Å². The van der Waals surface area contributed by atoms with Gasteiger partial charge in [0.2, 0.25) is 0 Å². The van der Waals surface area contributed by atoms with Crippen molar-refractivity contribution in [2.24, 2.45) is 0 Å². The SMILES string of the molecule is COc1cc(NCc2cc(C(=O)O)cs2)c(Br)cc1Br. The summed E-state index contributed by atoms with van der Waals surface area (Å²) in [6.07, 6.45) is 0. The van der Waals surface area contributed by atoms with Crippen molar-refractivity contribution >= 4 is 54.9 Å². The molecule has 0 aliphatic heterocycles. The minimum absolute atomic E-state index is 0.319. The number of rotatable bonds is 5. The third-order valence-corrected chi connectivity index (χ3v) is 4.81. The van der Waals surface area contributed by atoms with Crippen LogP contribution in [0.2, 0.25) is 0 Å². The molecule has 4 nitrogen and oxygen atoms in total. The second-order valence-corrected chi connectivity index (χ2v) is 6.63. The fourth-order valence-electron chi connectivity index (χ4n) is 1.59. The number of anilines is 1. The molecule has 0 atom stereocenters. The summed E-state index contributed by atoms with van der Waals surface area (Å²) in [6, 6.07) is 5.45. The normalized spacial score (nSPS) is 10.3. The summed E-state index contributed by atoms with van der Waals surface area (Å²) in [5, 5.41) is 13.8. The van der Waals surface area contributed by atoms with Crippen molar-refractivity contribution in [2.45, 2.75) is 6.54 Å². The van der Waals surface area contributed by atoms with Gasteiger partial charge in [0, 0.05) is 27.3 Å². The highest BCUT2D eigenvalue weighted by Crippen LogP contribution is 2.34. The molecule has 0 unspecified atom stereocenters. The number of carbonyl (C=O) groups is 1. The van der Waals surface area contributed by atoms with Crippen LogP contribution in [0.5, 0.6) is 5.75 Å². The first-order chi connectivity index (χ1) is 9.51. The Labute approximate surface area is 137 Å². The molecule has 0 spiro atoms. The summed E-state index contributed by atoms with van der Waals surface area (Å²) in [5.41, 5.74) is 1.20. The van der Waals surface area contributed by atoms with Gasteiger partial charge in [-0.15, -0.1) is 11.3 Å². The lowest BCUT2D eigenvalue weighted by Crippen LogP contribution is -1.99. The molecule has 7 heteroatoms. The molecule has 1 aromatic heterocycles. The summed E-state index contributed by atoms with van der Waals surface area (Å²) < 4.78 is 7.01. The molecule has 106 valence electrons. The Kier molecular flexibility index (Phi) is 5.06. The molecule has 0 fully saturated rings. The van der Waals surface area contributed by atoms with Crippen molar-refractivity contribution < 1.29 is 14.6 Å². The van der Waals surface area contributed by atoms with Crippen LogP contribution in [-0.2, 0) is 6.54 Å². The second-order valence-electron chi connectivity index (χ2n) is 3.93. The highest BCUT2D eigenvalue weighted by molar-refractivity contribution is 9.11. The number of methoxy groups -OCH3 is 1. The van der Waals surface area contributed by atoms with Crippen molar-refractivity contribution in [1.29, 1.82) is 0 Å². The van der Waals surface area contributed by atoms with E-state index < -0.39 is 5.97 Å². The fraction of sp³-hybridized carbons (Fsp3) is 0.154. The van der Waals surface area contributed by atoms with Gasteiger partial charge < -0.3 is 15.2 Å². The molecule has 0 bridgehead atoms. The molecule has 0 aliphatic carbocycles. The van der Waals surface area contributed by atoms with Crippen LogP contribution in [0.1, 0.15) is 15.2 Å². The highest BCUT2D eigenvalue weighted by Gasteiger charge is 2.09. The molecule has 0 amide bonds. The molecule has 1 heterocycles. The minimum atomic E-state index is -0.904. The smallest absolute Gasteiger partial charge is 0.336 e. The van der Waals surface area contributed by atoms with E-state index in [0.29, 0.717) is 12.1 Å². The lowest BCUT2D eigenvalue weighted by molar-refractivity contribution is 0.0697. The molecule has 0 saturated heterocycles. The molecular weight excluding hydrogens is 410 g/mol. The number of carboxylic acids is 1. The van der Waals surface area contributed by atoms with Gasteiger partial charge in [-0.2, -0.15) is 0 Å². The van der Waals surface area contributed by atoms with Gasteiger partial charge in [-0.3, -0.25) is 0 Å². The van der Waals surface area contributed by atoms with Crippen molar-refractivity contribution in [2.75, 3.05) is 12.4 Å². The summed E-state index contributed by atoms with van der Waals surface area (Å²) in [5.74, 6) is -0.174. The van der Waals surface area contributed by atoms with Gasteiger partial charge in [-0.05, 0) is 44.0 Å². The first-order valence-corrected chi connectivity index (χ1v) is 8.05. The summed E-state index contributed by atoms with van der Waals surface area (Å²) in [6.45, 7) is 0.557. The topological polar surface area (TPSA) is 58.6 Å². The second kappa shape index (κ2) is 6.60. The number of nitrogens with one attached hydrogen (secondary N) is 1. The van der Waals surface area contributed by atoms with Crippen LogP contribution < -0.4 is 10.1 Å². The molecular formula is C13H11Br2NO3S. The van der Waals surface area contributed by atoms with Gasteiger partial charge in [0.25, 0.3) is 0 Å². The molecule has 0 aliphatic rings. The Balaban J connectivity index is 2.12. The molecule has 2 N–H and O–H groups in total. The van der Waals surface area contributed by atoms with E-state index in [2.05, 4.69) is 37.2 Å². The minimum Gasteiger partial charge on any atom is -0.495 e. The molecule has 2 rings (SSSR count). The largest absolute Gasteiger partial charge is 0.495 e. The molecule has 20 heavy (non-hydrogen) atoms. The van der Waals surface area contributed by atoms with Gasteiger partial charge in [-0.1, -0.05) is 0 Å². The van der Waals surface area contributed by atoms with E-state index in [4.69, 9.17) is 9.84 Å². The maximum absolute atomic E-state index is 10.8. The third-order valence-electron chi connectivity index (χ3n) is 2.60. The average molecular weight is 421 g/mol. The number of hydrogen-bond acceptors (Lipinski definition) is 4. The lowest BCUT2D eigenvalue weighted by atomic mass is 10.3. The van der Waals surface area contributed by atoms with E-state index in [9.17, 15) is 4.79 Å². The van der Waals surface area contributed by atoms with E-state index in [0.717, 1.165) is 25.3 Å². The molecule has 0 radical (unpaired) electrons. The van der Waals surface area contributed by atoms with Crippen LogP contribution in [0.15, 0.2) is 32.5 Å². The van der Waals surface area contributed by atoms with E-state index in [-0.39, 0.29) is 0 Å². The van der Waals surface area contributed by atoms with Gasteiger partial charge >= 0.3 is 5.97 Å². The van der Waals surface area contributed by atoms with Gasteiger partial charge in [0.1, 0.15) is 5.75 Å². The number of benzene rings is 1. The number of aromatic carboxylic acids is 1. The zero-order chi connectivity index (χ0) is 14.7. The van der Waals surface area contributed by atoms with Crippen LogP contribution in [0.4, 0.5) is 5.69 Å². The molecule has 2 aromatic rings. The monoisotopic (exact) mass is 419 g/mol. The number of ether oxygens (including phenoxy) is 1. The summed E-state index contributed by atoms with van der Waals surface area (Å²) in [7, 11) is 1.61. The Morgan fingerprint density at radius 2 is 2.10 bits per heavy atom. The molecule has 1 aromatic carbocycles. The van der Waals surface area contributed by atoms with E-state index in [1.807, 2.05) is 12.1 Å². The average Bonchev–Trinajstić information content (AvgIpc) is 2.87. The number of hydrogen-bond donors (Lipinski definition) is 2. The predicted octanol–water partition coefficient (Wildman–Crippen LogP) is 4.59. The standard InChI is InChI=1S/C13H11Br2NO3S/c1-19-12-4-11(9(14)3-10(12)15)16-5-8-2-7(6-20-8)13(17)18/h2-4,6,16H,5H2,1H3,(H,17,18).